The van der Waals surface area contributed by atoms with Crippen LogP contribution in [0.5, 0.6) is 0 Å². The molecule has 0 bridgehead atoms. The Morgan fingerprint density at radius 1 is 1.17 bits per heavy atom. The van der Waals surface area contributed by atoms with E-state index in [-0.39, 0.29) is 11.1 Å². The average Bonchev–Trinajstić information content (AvgIpc) is 3.02. The van der Waals surface area contributed by atoms with Crippen LogP contribution in [0, 0.1) is 0 Å². The molecular formula is C15H10Cl2N6O. The minimum absolute atomic E-state index is 0.175. The highest BCUT2D eigenvalue weighted by molar-refractivity contribution is 6.43. The molecule has 0 amide bonds. The summed E-state index contributed by atoms with van der Waals surface area (Å²) in [6, 6.07) is 6.81. The maximum atomic E-state index is 12.8. The Hall–Kier alpha value is -2.51. The molecule has 1 aromatic carbocycles. The van der Waals surface area contributed by atoms with Gasteiger partial charge in [-0.3, -0.25) is 9.36 Å². The van der Waals surface area contributed by atoms with Crippen LogP contribution in [0.25, 0.3) is 22.5 Å². The van der Waals surface area contributed by atoms with Gasteiger partial charge in [0.05, 0.1) is 15.7 Å². The van der Waals surface area contributed by atoms with Gasteiger partial charge < -0.3 is 0 Å². The van der Waals surface area contributed by atoms with Gasteiger partial charge in [-0.1, -0.05) is 36.2 Å². The number of pyridine rings is 1. The molecule has 0 aliphatic rings. The number of hydrogen-bond acceptors (Lipinski definition) is 5. The lowest BCUT2D eigenvalue weighted by Gasteiger charge is -2.09. The number of rotatable bonds is 2. The van der Waals surface area contributed by atoms with Gasteiger partial charge in [-0.2, -0.15) is 9.50 Å². The van der Waals surface area contributed by atoms with E-state index >= 15 is 0 Å². The Bertz CT molecular complexity index is 1150. The first-order chi connectivity index (χ1) is 11.6. The van der Waals surface area contributed by atoms with Crippen LogP contribution in [0.3, 0.4) is 0 Å². The molecule has 0 fully saturated rings. The van der Waals surface area contributed by atoms with Crippen LogP contribution in [0.15, 0.2) is 35.3 Å². The molecule has 9 heteroatoms. The van der Waals surface area contributed by atoms with Crippen molar-refractivity contribution < 1.29 is 0 Å². The van der Waals surface area contributed by atoms with Crippen molar-refractivity contribution >= 4 is 40.0 Å². The van der Waals surface area contributed by atoms with Gasteiger partial charge in [0.25, 0.3) is 11.3 Å². The Balaban J connectivity index is 2.04. The Morgan fingerprint density at radius 3 is 2.79 bits per heavy atom. The standard InChI is InChI=1S/C15H10Cl2N6O/c1-2-11-18-15-20-19-13-10(23(15)21-11)6-7-22(14(13)24)9-5-3-4-8(16)12(9)17/h3-7H,2H2,1H3. The van der Waals surface area contributed by atoms with Crippen LogP contribution in [0.1, 0.15) is 12.7 Å². The van der Waals surface area contributed by atoms with Gasteiger partial charge in [0, 0.05) is 12.6 Å². The van der Waals surface area contributed by atoms with E-state index in [9.17, 15) is 4.79 Å². The first-order valence-corrected chi connectivity index (χ1v) is 7.94. The van der Waals surface area contributed by atoms with Gasteiger partial charge in [-0.25, -0.2) is 0 Å². The molecule has 4 aromatic rings. The van der Waals surface area contributed by atoms with Gasteiger partial charge in [-0.15, -0.1) is 15.3 Å². The van der Waals surface area contributed by atoms with E-state index in [0.29, 0.717) is 39.3 Å². The van der Waals surface area contributed by atoms with Crippen molar-refractivity contribution in [3.8, 4) is 5.69 Å². The molecule has 0 aliphatic heterocycles. The van der Waals surface area contributed by atoms with Gasteiger partial charge in [-0.05, 0) is 18.2 Å². The number of halogens is 2. The molecule has 0 N–H and O–H groups in total. The molecule has 7 nitrogen and oxygen atoms in total. The van der Waals surface area contributed by atoms with Gasteiger partial charge in [0.15, 0.2) is 11.3 Å². The van der Waals surface area contributed by atoms with E-state index in [4.69, 9.17) is 23.2 Å². The van der Waals surface area contributed by atoms with E-state index < -0.39 is 0 Å². The minimum atomic E-state index is -0.361. The molecular weight excluding hydrogens is 351 g/mol. The van der Waals surface area contributed by atoms with Crippen molar-refractivity contribution in [1.82, 2.24) is 29.4 Å². The molecule has 120 valence electrons. The van der Waals surface area contributed by atoms with Crippen LogP contribution in [0.4, 0.5) is 0 Å². The molecule has 0 spiro atoms. The fraction of sp³-hybridized carbons (Fsp3) is 0.133. The number of aromatic nitrogens is 6. The topological polar surface area (TPSA) is 78.0 Å². The number of aryl methyl sites for hydroxylation is 1. The van der Waals surface area contributed by atoms with E-state index in [1.165, 1.54) is 9.08 Å². The van der Waals surface area contributed by atoms with Crippen LogP contribution in [-0.4, -0.2) is 29.4 Å². The fourth-order valence-corrected chi connectivity index (χ4v) is 2.85. The zero-order valence-corrected chi connectivity index (χ0v) is 14.0. The summed E-state index contributed by atoms with van der Waals surface area (Å²) in [5.74, 6) is 0.996. The Labute approximate surface area is 145 Å². The van der Waals surface area contributed by atoms with Crippen molar-refractivity contribution in [1.29, 1.82) is 0 Å². The van der Waals surface area contributed by atoms with E-state index in [2.05, 4.69) is 20.3 Å². The second kappa shape index (κ2) is 5.54. The third-order valence-electron chi connectivity index (χ3n) is 3.65. The molecule has 3 heterocycles. The summed E-state index contributed by atoms with van der Waals surface area (Å²) < 4.78 is 2.90. The third-order valence-corrected chi connectivity index (χ3v) is 4.46. The second-order valence-corrected chi connectivity index (χ2v) is 5.88. The SMILES string of the molecule is CCc1nc2nnc3c(=O)n(-c4cccc(Cl)c4Cl)ccc3n2n1. The summed E-state index contributed by atoms with van der Waals surface area (Å²) in [6.45, 7) is 1.94. The first kappa shape index (κ1) is 15.0. The normalized spacial score (nSPS) is 11.5. The summed E-state index contributed by atoms with van der Waals surface area (Å²) in [5.41, 5.74) is 0.825. The van der Waals surface area contributed by atoms with Crippen LogP contribution < -0.4 is 5.56 Å². The summed E-state index contributed by atoms with van der Waals surface area (Å²) in [4.78, 5) is 17.1. The van der Waals surface area contributed by atoms with Crippen molar-refractivity contribution in [2.75, 3.05) is 0 Å². The highest BCUT2D eigenvalue weighted by atomic mass is 35.5. The number of hydrogen-bond donors (Lipinski definition) is 0. The zero-order chi connectivity index (χ0) is 16.8. The lowest BCUT2D eigenvalue weighted by atomic mass is 10.3. The number of fused-ring (bicyclic) bond motifs is 3. The van der Waals surface area contributed by atoms with E-state index in [0.717, 1.165) is 0 Å². The highest BCUT2D eigenvalue weighted by Crippen LogP contribution is 2.27. The smallest absolute Gasteiger partial charge is 0.281 e. The molecule has 0 saturated carbocycles. The molecule has 0 atom stereocenters. The number of benzene rings is 1. The maximum Gasteiger partial charge on any atom is 0.285 e. The quantitative estimate of drug-likeness (QED) is 0.549. The minimum Gasteiger partial charge on any atom is -0.281 e. The van der Waals surface area contributed by atoms with E-state index in [1.54, 1.807) is 30.5 Å². The average molecular weight is 361 g/mol. The summed E-state index contributed by atoms with van der Waals surface area (Å²) in [5, 5.41) is 13.0. The summed E-state index contributed by atoms with van der Waals surface area (Å²) in [6.07, 6.45) is 2.27. The van der Waals surface area contributed by atoms with Crippen molar-refractivity contribution in [2.45, 2.75) is 13.3 Å². The molecule has 0 saturated heterocycles. The van der Waals surface area contributed by atoms with E-state index in [1.807, 2.05) is 6.92 Å². The summed E-state index contributed by atoms with van der Waals surface area (Å²) >= 11 is 12.2. The molecule has 3 aromatic heterocycles. The molecule has 0 unspecified atom stereocenters. The van der Waals surface area contributed by atoms with Gasteiger partial charge >= 0.3 is 0 Å². The third kappa shape index (κ3) is 2.16. The van der Waals surface area contributed by atoms with Gasteiger partial charge in [0.1, 0.15) is 5.52 Å². The highest BCUT2D eigenvalue weighted by Gasteiger charge is 2.14. The first-order valence-electron chi connectivity index (χ1n) is 7.18. The van der Waals surface area contributed by atoms with Crippen LogP contribution in [0.2, 0.25) is 10.0 Å². The lowest BCUT2D eigenvalue weighted by Crippen LogP contribution is -2.20. The molecule has 24 heavy (non-hydrogen) atoms. The Kier molecular flexibility index (Phi) is 3.47. The molecule has 0 radical (unpaired) electrons. The Morgan fingerprint density at radius 2 is 2.00 bits per heavy atom. The van der Waals surface area contributed by atoms with Crippen LogP contribution >= 0.6 is 23.2 Å². The van der Waals surface area contributed by atoms with Gasteiger partial charge in [0.2, 0.25) is 0 Å². The second-order valence-electron chi connectivity index (χ2n) is 5.09. The largest absolute Gasteiger partial charge is 0.285 e. The van der Waals surface area contributed by atoms with Crippen molar-refractivity contribution in [2.24, 2.45) is 0 Å². The van der Waals surface area contributed by atoms with Crippen molar-refractivity contribution in [3.63, 3.8) is 0 Å². The summed E-state index contributed by atoms with van der Waals surface area (Å²) in [7, 11) is 0. The predicted octanol–water partition coefficient (Wildman–Crippen LogP) is 2.69. The maximum absolute atomic E-state index is 12.8. The lowest BCUT2D eigenvalue weighted by molar-refractivity contribution is 0.883. The van der Waals surface area contributed by atoms with Crippen LogP contribution in [-0.2, 0) is 6.42 Å². The van der Waals surface area contributed by atoms with Crippen molar-refractivity contribution in [3.05, 3.63) is 56.7 Å². The fourth-order valence-electron chi connectivity index (χ4n) is 2.46. The zero-order valence-electron chi connectivity index (χ0n) is 12.4. The number of nitrogens with zero attached hydrogens (tertiary/aromatic N) is 6. The predicted molar refractivity (Wildman–Crippen MR) is 91.1 cm³/mol. The molecule has 4 rings (SSSR count). The monoisotopic (exact) mass is 360 g/mol. The molecule has 0 aliphatic carbocycles.